The molecule has 1 aliphatic carbocycles. The molecular formula is C12H22BrNO. The largest absolute Gasteiger partial charge is 0.354 e. The standard InChI is InChI=1S/C12H22BrNO/c1-11(2,13)10(15)14-9-12(3)7-5-4-6-8-12/h4-9H2,1-3H3,(H,14,15). The SMILES string of the molecule is CC1(CNC(=O)C(C)(C)Br)CCCCC1. The fourth-order valence-corrected chi connectivity index (χ4v) is 2.23. The van der Waals surface area contributed by atoms with E-state index in [0.717, 1.165) is 6.54 Å². The Morgan fingerprint density at radius 3 is 2.33 bits per heavy atom. The Morgan fingerprint density at radius 2 is 1.87 bits per heavy atom. The van der Waals surface area contributed by atoms with Gasteiger partial charge in [-0.15, -0.1) is 0 Å². The average Bonchev–Trinajstić information content (AvgIpc) is 2.14. The highest BCUT2D eigenvalue weighted by atomic mass is 79.9. The lowest BCUT2D eigenvalue weighted by molar-refractivity contribution is -0.123. The molecule has 0 aromatic heterocycles. The minimum atomic E-state index is -0.446. The second-order valence-corrected chi connectivity index (χ2v) is 7.51. The van der Waals surface area contributed by atoms with Gasteiger partial charge in [-0.1, -0.05) is 42.1 Å². The highest BCUT2D eigenvalue weighted by molar-refractivity contribution is 9.10. The molecule has 1 N–H and O–H groups in total. The number of hydrogen-bond acceptors (Lipinski definition) is 1. The molecule has 0 spiro atoms. The quantitative estimate of drug-likeness (QED) is 0.788. The summed E-state index contributed by atoms with van der Waals surface area (Å²) in [5.41, 5.74) is 0.326. The van der Waals surface area contributed by atoms with Crippen LogP contribution in [0.15, 0.2) is 0 Å². The van der Waals surface area contributed by atoms with Gasteiger partial charge >= 0.3 is 0 Å². The second-order valence-electron chi connectivity index (χ2n) is 5.53. The van der Waals surface area contributed by atoms with Gasteiger partial charge in [0.15, 0.2) is 0 Å². The van der Waals surface area contributed by atoms with Crippen LogP contribution in [0, 0.1) is 5.41 Å². The Kier molecular flexibility index (Phi) is 4.21. The summed E-state index contributed by atoms with van der Waals surface area (Å²) in [4.78, 5) is 11.7. The van der Waals surface area contributed by atoms with E-state index in [2.05, 4.69) is 28.2 Å². The highest BCUT2D eigenvalue weighted by Crippen LogP contribution is 2.35. The van der Waals surface area contributed by atoms with E-state index in [1.807, 2.05) is 13.8 Å². The van der Waals surface area contributed by atoms with Gasteiger partial charge in [0.25, 0.3) is 0 Å². The first kappa shape index (κ1) is 13.0. The second kappa shape index (κ2) is 4.86. The number of nitrogens with one attached hydrogen (secondary N) is 1. The Balaban J connectivity index is 2.38. The zero-order chi connectivity index (χ0) is 11.5. The zero-order valence-corrected chi connectivity index (χ0v) is 11.6. The zero-order valence-electron chi connectivity index (χ0n) is 10.0. The van der Waals surface area contributed by atoms with Gasteiger partial charge in [-0.05, 0) is 32.1 Å². The fraction of sp³-hybridized carbons (Fsp3) is 0.917. The van der Waals surface area contributed by atoms with Crippen molar-refractivity contribution in [2.45, 2.75) is 57.2 Å². The monoisotopic (exact) mass is 275 g/mol. The molecular weight excluding hydrogens is 254 g/mol. The topological polar surface area (TPSA) is 29.1 Å². The number of carbonyl (C=O) groups is 1. The molecule has 88 valence electrons. The van der Waals surface area contributed by atoms with Crippen LogP contribution in [-0.2, 0) is 4.79 Å². The lowest BCUT2D eigenvalue weighted by atomic mass is 9.75. The van der Waals surface area contributed by atoms with Crippen molar-refractivity contribution in [3.63, 3.8) is 0 Å². The summed E-state index contributed by atoms with van der Waals surface area (Å²) < 4.78 is -0.446. The summed E-state index contributed by atoms with van der Waals surface area (Å²) in [5, 5.41) is 3.05. The van der Waals surface area contributed by atoms with Gasteiger partial charge in [-0.2, -0.15) is 0 Å². The highest BCUT2D eigenvalue weighted by Gasteiger charge is 2.30. The molecule has 0 aromatic carbocycles. The third-order valence-electron chi connectivity index (χ3n) is 3.28. The summed E-state index contributed by atoms with van der Waals surface area (Å²) >= 11 is 3.37. The molecule has 0 unspecified atom stereocenters. The number of rotatable bonds is 3. The Hall–Kier alpha value is -0.0500. The lowest BCUT2D eigenvalue weighted by Crippen LogP contribution is -2.43. The van der Waals surface area contributed by atoms with Crippen molar-refractivity contribution in [1.82, 2.24) is 5.32 Å². The van der Waals surface area contributed by atoms with Crippen LogP contribution in [0.25, 0.3) is 0 Å². The molecule has 2 nitrogen and oxygen atoms in total. The fourth-order valence-electron chi connectivity index (χ4n) is 2.09. The van der Waals surface area contributed by atoms with Crippen molar-refractivity contribution in [3.05, 3.63) is 0 Å². The van der Waals surface area contributed by atoms with E-state index < -0.39 is 4.32 Å². The molecule has 1 aliphatic rings. The molecule has 0 aliphatic heterocycles. The van der Waals surface area contributed by atoms with Crippen molar-refractivity contribution in [1.29, 1.82) is 0 Å². The van der Waals surface area contributed by atoms with Crippen LogP contribution in [0.5, 0.6) is 0 Å². The van der Waals surface area contributed by atoms with Crippen LogP contribution in [0.3, 0.4) is 0 Å². The van der Waals surface area contributed by atoms with Crippen molar-refractivity contribution in [2.24, 2.45) is 5.41 Å². The van der Waals surface area contributed by atoms with Gasteiger partial charge in [-0.3, -0.25) is 4.79 Å². The number of alkyl halides is 1. The average molecular weight is 276 g/mol. The first-order valence-corrected chi connectivity index (χ1v) is 6.60. The molecule has 1 rings (SSSR count). The van der Waals surface area contributed by atoms with Crippen molar-refractivity contribution in [3.8, 4) is 0 Å². The third-order valence-corrected chi connectivity index (χ3v) is 3.64. The minimum absolute atomic E-state index is 0.0919. The molecule has 1 saturated carbocycles. The predicted octanol–water partition coefficient (Wildman–Crippen LogP) is 3.25. The van der Waals surface area contributed by atoms with E-state index in [0.29, 0.717) is 5.41 Å². The van der Waals surface area contributed by atoms with Crippen molar-refractivity contribution >= 4 is 21.8 Å². The summed E-state index contributed by atoms with van der Waals surface area (Å²) in [7, 11) is 0. The van der Waals surface area contributed by atoms with Gasteiger partial charge in [0.2, 0.25) is 5.91 Å². The number of halogens is 1. The lowest BCUT2D eigenvalue weighted by Gasteiger charge is -2.34. The van der Waals surface area contributed by atoms with Gasteiger partial charge in [-0.25, -0.2) is 0 Å². The first-order valence-electron chi connectivity index (χ1n) is 5.81. The van der Waals surface area contributed by atoms with E-state index in [1.54, 1.807) is 0 Å². The van der Waals surface area contributed by atoms with Gasteiger partial charge in [0.1, 0.15) is 0 Å². The molecule has 1 amide bonds. The Bertz CT molecular complexity index is 226. The smallest absolute Gasteiger partial charge is 0.236 e. The van der Waals surface area contributed by atoms with E-state index in [4.69, 9.17) is 0 Å². The normalized spacial score (nSPS) is 21.1. The van der Waals surface area contributed by atoms with E-state index in [9.17, 15) is 4.79 Å². The molecule has 0 atom stereocenters. The van der Waals surface area contributed by atoms with Gasteiger partial charge < -0.3 is 5.32 Å². The van der Waals surface area contributed by atoms with Crippen LogP contribution in [-0.4, -0.2) is 16.8 Å². The summed E-state index contributed by atoms with van der Waals surface area (Å²) in [6.45, 7) is 6.87. The summed E-state index contributed by atoms with van der Waals surface area (Å²) in [6.07, 6.45) is 6.47. The van der Waals surface area contributed by atoms with Gasteiger partial charge in [0.05, 0.1) is 4.32 Å². The van der Waals surface area contributed by atoms with Crippen molar-refractivity contribution < 1.29 is 4.79 Å². The molecule has 0 radical (unpaired) electrons. The van der Waals surface area contributed by atoms with Crippen LogP contribution in [0.4, 0.5) is 0 Å². The third kappa shape index (κ3) is 4.13. The Labute approximate surface area is 101 Å². The molecule has 3 heteroatoms. The van der Waals surface area contributed by atoms with E-state index >= 15 is 0 Å². The van der Waals surface area contributed by atoms with Crippen LogP contribution in [0.1, 0.15) is 52.9 Å². The maximum atomic E-state index is 11.7. The Morgan fingerprint density at radius 1 is 1.33 bits per heavy atom. The first-order chi connectivity index (χ1) is 6.83. The number of carbonyl (C=O) groups excluding carboxylic acids is 1. The minimum Gasteiger partial charge on any atom is -0.354 e. The van der Waals surface area contributed by atoms with E-state index in [1.165, 1.54) is 32.1 Å². The van der Waals surface area contributed by atoms with Crippen molar-refractivity contribution in [2.75, 3.05) is 6.54 Å². The summed E-state index contributed by atoms with van der Waals surface area (Å²) in [5.74, 6) is 0.0919. The molecule has 0 aromatic rings. The number of hydrogen-bond donors (Lipinski definition) is 1. The summed E-state index contributed by atoms with van der Waals surface area (Å²) in [6, 6.07) is 0. The van der Waals surface area contributed by atoms with E-state index in [-0.39, 0.29) is 5.91 Å². The van der Waals surface area contributed by atoms with Crippen LogP contribution in [0.2, 0.25) is 0 Å². The predicted molar refractivity (Wildman–Crippen MR) is 67.2 cm³/mol. The molecule has 1 fully saturated rings. The maximum Gasteiger partial charge on any atom is 0.236 e. The van der Waals surface area contributed by atoms with Crippen LogP contribution >= 0.6 is 15.9 Å². The van der Waals surface area contributed by atoms with Crippen LogP contribution < -0.4 is 5.32 Å². The number of amides is 1. The molecule has 0 heterocycles. The van der Waals surface area contributed by atoms with Gasteiger partial charge in [0, 0.05) is 6.54 Å². The molecule has 0 saturated heterocycles. The molecule has 15 heavy (non-hydrogen) atoms. The maximum absolute atomic E-state index is 11.7. The molecule has 0 bridgehead atoms.